The Morgan fingerprint density at radius 2 is 1.76 bits per heavy atom. The molecule has 0 radical (unpaired) electrons. The predicted octanol–water partition coefficient (Wildman–Crippen LogP) is 1.57. The lowest BCUT2D eigenvalue weighted by Gasteiger charge is -2.34. The van der Waals surface area contributed by atoms with Crippen LogP contribution in [0.2, 0.25) is 0 Å². The molecule has 2 aromatic heterocycles. The van der Waals surface area contributed by atoms with E-state index in [1.165, 1.54) is 16.9 Å². The molecule has 0 bridgehead atoms. The van der Waals surface area contributed by atoms with Crippen molar-refractivity contribution >= 4 is 21.7 Å². The van der Waals surface area contributed by atoms with Crippen molar-refractivity contribution in [2.75, 3.05) is 37.3 Å². The summed E-state index contributed by atoms with van der Waals surface area (Å²) in [5.74, 6) is 2.31. The van der Waals surface area contributed by atoms with E-state index >= 15 is 0 Å². The van der Waals surface area contributed by atoms with Gasteiger partial charge in [0.05, 0.1) is 18.4 Å². The minimum absolute atomic E-state index is 0.218. The van der Waals surface area contributed by atoms with Gasteiger partial charge in [0.15, 0.2) is 5.82 Å². The van der Waals surface area contributed by atoms with Crippen molar-refractivity contribution in [2.24, 2.45) is 0 Å². The number of aromatic hydroxyl groups is 1. The van der Waals surface area contributed by atoms with E-state index in [4.69, 9.17) is 4.98 Å². The summed E-state index contributed by atoms with van der Waals surface area (Å²) in [6, 6.07) is 9.11. The van der Waals surface area contributed by atoms with E-state index < -0.39 is 10.0 Å². The van der Waals surface area contributed by atoms with Gasteiger partial charge < -0.3 is 10.0 Å². The quantitative estimate of drug-likeness (QED) is 0.603. The number of sulfonamides is 1. The zero-order valence-electron chi connectivity index (χ0n) is 18.3. The average molecular weight is 468 g/mol. The molecule has 5 rings (SSSR count). The first-order valence-corrected chi connectivity index (χ1v) is 12.5. The molecule has 2 aliphatic heterocycles. The third-order valence-electron chi connectivity index (χ3n) is 6.01. The van der Waals surface area contributed by atoms with E-state index in [1.807, 2.05) is 23.2 Å². The zero-order valence-corrected chi connectivity index (χ0v) is 19.1. The van der Waals surface area contributed by atoms with Gasteiger partial charge in [-0.2, -0.15) is 14.1 Å². The highest BCUT2D eigenvalue weighted by molar-refractivity contribution is 7.88. The largest absolute Gasteiger partial charge is 0.508 e. The number of phenolic OH excluding ortho intramolecular Hbond substituents is 1. The number of pyridine rings is 1. The Morgan fingerprint density at radius 3 is 2.45 bits per heavy atom. The predicted molar refractivity (Wildman–Crippen MR) is 125 cm³/mol. The van der Waals surface area contributed by atoms with Gasteiger partial charge in [-0.25, -0.2) is 18.4 Å². The molecule has 0 aliphatic carbocycles. The molecular formula is C22H25N7O3S. The van der Waals surface area contributed by atoms with Crippen LogP contribution in [-0.2, 0) is 23.1 Å². The molecule has 1 saturated heterocycles. The smallest absolute Gasteiger partial charge is 0.211 e. The Morgan fingerprint density at radius 1 is 1.03 bits per heavy atom. The first-order valence-electron chi connectivity index (χ1n) is 10.6. The normalized spacial score (nSPS) is 17.1. The van der Waals surface area contributed by atoms with Gasteiger partial charge in [0.2, 0.25) is 10.0 Å². The van der Waals surface area contributed by atoms with E-state index in [2.05, 4.69) is 27.6 Å². The van der Waals surface area contributed by atoms with E-state index in [9.17, 15) is 13.5 Å². The summed E-state index contributed by atoms with van der Waals surface area (Å²) < 4.78 is 26.8. The van der Waals surface area contributed by atoms with Crippen LogP contribution >= 0.6 is 0 Å². The van der Waals surface area contributed by atoms with Gasteiger partial charge in [-0.1, -0.05) is 18.7 Å². The highest BCUT2D eigenvalue weighted by atomic mass is 32.2. The number of piperazine rings is 1. The van der Waals surface area contributed by atoms with E-state index in [0.29, 0.717) is 50.9 Å². The maximum absolute atomic E-state index is 11.8. The number of hydrogen-bond acceptors (Lipinski definition) is 8. The number of hydrogen-bond donors (Lipinski definition) is 1. The first-order chi connectivity index (χ1) is 15.8. The Labute approximate surface area is 192 Å². The molecule has 0 spiro atoms. The topological polar surface area (TPSA) is 108 Å². The van der Waals surface area contributed by atoms with Gasteiger partial charge >= 0.3 is 0 Å². The average Bonchev–Trinajstić information content (AvgIpc) is 3.28. The Kier molecular flexibility index (Phi) is 5.39. The molecule has 3 aromatic rings. The molecule has 4 heterocycles. The molecule has 11 heteroatoms. The van der Waals surface area contributed by atoms with Crippen LogP contribution in [0.1, 0.15) is 11.1 Å². The third-order valence-corrected chi connectivity index (χ3v) is 7.31. The fraction of sp³-hybridized carbons (Fsp3) is 0.318. The van der Waals surface area contributed by atoms with Crippen molar-refractivity contribution in [2.45, 2.75) is 13.1 Å². The highest BCUT2D eigenvalue weighted by Crippen LogP contribution is 2.38. The number of fused-ring (bicyclic) bond motifs is 3. The van der Waals surface area contributed by atoms with Crippen LogP contribution in [0.4, 0.5) is 5.82 Å². The highest BCUT2D eigenvalue weighted by Gasteiger charge is 2.29. The molecule has 0 atom stereocenters. The Balaban J connectivity index is 1.40. The SMILES string of the molecule is C=C1N(Cc2ccc(O)cc2)c2ncc(CN3CCN(S(C)(=O)=O)CC3)cc2-c2ncnn21. The monoisotopic (exact) mass is 467 g/mol. The maximum Gasteiger partial charge on any atom is 0.211 e. The van der Waals surface area contributed by atoms with Gasteiger partial charge in [-0.05, 0) is 29.3 Å². The number of benzene rings is 1. The fourth-order valence-corrected chi connectivity index (χ4v) is 5.07. The van der Waals surface area contributed by atoms with Crippen LogP contribution < -0.4 is 4.90 Å². The molecule has 0 saturated carbocycles. The van der Waals surface area contributed by atoms with Gasteiger partial charge in [-0.15, -0.1) is 0 Å². The van der Waals surface area contributed by atoms with Gasteiger partial charge in [0, 0.05) is 38.9 Å². The van der Waals surface area contributed by atoms with Crippen LogP contribution in [-0.4, -0.2) is 74.9 Å². The summed E-state index contributed by atoms with van der Waals surface area (Å²) >= 11 is 0. The molecule has 33 heavy (non-hydrogen) atoms. The first kappa shape index (κ1) is 21.6. The lowest BCUT2D eigenvalue weighted by Crippen LogP contribution is -2.47. The molecule has 172 valence electrons. The number of nitrogens with zero attached hydrogens (tertiary/aromatic N) is 7. The molecule has 2 aliphatic rings. The Bertz CT molecular complexity index is 1300. The minimum atomic E-state index is -3.15. The summed E-state index contributed by atoms with van der Waals surface area (Å²) in [7, 11) is -3.15. The lowest BCUT2D eigenvalue weighted by atomic mass is 10.1. The van der Waals surface area contributed by atoms with Gasteiger partial charge in [0.1, 0.15) is 23.7 Å². The molecule has 0 amide bonds. The van der Waals surface area contributed by atoms with Crippen molar-refractivity contribution in [1.82, 2.24) is 29.0 Å². The minimum Gasteiger partial charge on any atom is -0.508 e. The standard InChI is InChI=1S/C22H25N7O3S/c1-16-28(14-17-3-5-19(30)6-4-17)21-20(22-24-15-25-29(16)22)11-18(12-23-21)13-26-7-9-27(10-8-26)33(2,31)32/h3-6,11-12,15,30H,1,7-10,13-14H2,2H3. The third kappa shape index (κ3) is 4.22. The van der Waals surface area contributed by atoms with Crippen molar-refractivity contribution in [3.8, 4) is 17.1 Å². The maximum atomic E-state index is 11.8. The number of phenols is 1. The van der Waals surface area contributed by atoms with Gasteiger partial charge in [-0.3, -0.25) is 4.90 Å². The molecule has 1 fully saturated rings. The Hall–Kier alpha value is -3.28. The summed E-state index contributed by atoms with van der Waals surface area (Å²) in [6.45, 7) is 7.72. The summed E-state index contributed by atoms with van der Waals surface area (Å²) in [4.78, 5) is 13.4. The number of rotatable bonds is 5. The molecule has 1 aromatic carbocycles. The van der Waals surface area contributed by atoms with Crippen LogP contribution in [0.3, 0.4) is 0 Å². The van der Waals surface area contributed by atoms with Crippen molar-refractivity contribution in [1.29, 1.82) is 0 Å². The molecule has 10 nitrogen and oxygen atoms in total. The van der Waals surface area contributed by atoms with Crippen LogP contribution in [0.25, 0.3) is 17.2 Å². The number of anilines is 1. The van der Waals surface area contributed by atoms with Crippen molar-refractivity contribution < 1.29 is 13.5 Å². The summed E-state index contributed by atoms with van der Waals surface area (Å²) in [5, 5.41) is 13.9. The van der Waals surface area contributed by atoms with E-state index in [1.54, 1.807) is 16.8 Å². The van der Waals surface area contributed by atoms with Crippen molar-refractivity contribution in [3.05, 3.63) is 60.6 Å². The second-order valence-electron chi connectivity index (χ2n) is 8.32. The van der Waals surface area contributed by atoms with E-state index in [-0.39, 0.29) is 5.75 Å². The second kappa shape index (κ2) is 8.25. The molecule has 0 unspecified atom stereocenters. The van der Waals surface area contributed by atoms with Crippen LogP contribution in [0.15, 0.2) is 49.4 Å². The zero-order chi connectivity index (χ0) is 23.2. The summed E-state index contributed by atoms with van der Waals surface area (Å²) in [5.41, 5.74) is 2.89. The van der Waals surface area contributed by atoms with E-state index in [0.717, 1.165) is 22.5 Å². The van der Waals surface area contributed by atoms with Gasteiger partial charge in [0.25, 0.3) is 0 Å². The molecule has 1 N–H and O–H groups in total. The van der Waals surface area contributed by atoms with Crippen LogP contribution in [0, 0.1) is 0 Å². The lowest BCUT2D eigenvalue weighted by molar-refractivity contribution is 0.182. The fourth-order valence-electron chi connectivity index (χ4n) is 4.25. The van der Waals surface area contributed by atoms with Crippen LogP contribution in [0.5, 0.6) is 5.75 Å². The number of aromatic nitrogens is 4. The van der Waals surface area contributed by atoms with Crippen molar-refractivity contribution in [3.63, 3.8) is 0 Å². The molecular weight excluding hydrogens is 442 g/mol. The summed E-state index contributed by atoms with van der Waals surface area (Å²) in [6.07, 6.45) is 4.61. The second-order valence-corrected chi connectivity index (χ2v) is 10.3.